The molecule has 0 fully saturated rings. The van der Waals surface area contributed by atoms with Crippen LogP contribution in [0, 0.1) is 0 Å². The van der Waals surface area contributed by atoms with Crippen molar-refractivity contribution in [2.45, 2.75) is 12.8 Å². The Morgan fingerprint density at radius 2 is 2.25 bits per heavy atom. The number of aromatic hydroxyl groups is 1. The SMILES string of the molecule is COC(=O)Cc1cc(O)c(=O)[nH]c1C(F)F. The average molecular weight is 233 g/mol. The molecule has 16 heavy (non-hydrogen) atoms. The Morgan fingerprint density at radius 1 is 1.62 bits per heavy atom. The van der Waals surface area contributed by atoms with Crippen LogP contribution in [0.1, 0.15) is 17.7 Å². The monoisotopic (exact) mass is 233 g/mol. The minimum absolute atomic E-state index is 0.168. The van der Waals surface area contributed by atoms with Crippen molar-refractivity contribution in [3.8, 4) is 5.75 Å². The number of pyridine rings is 1. The fourth-order valence-electron chi connectivity index (χ4n) is 1.14. The molecule has 0 spiro atoms. The Kier molecular flexibility index (Phi) is 3.60. The van der Waals surface area contributed by atoms with Gasteiger partial charge < -0.3 is 14.8 Å². The second kappa shape index (κ2) is 4.73. The molecule has 0 aliphatic carbocycles. The summed E-state index contributed by atoms with van der Waals surface area (Å²) in [4.78, 5) is 23.6. The van der Waals surface area contributed by atoms with Crippen LogP contribution in [0.3, 0.4) is 0 Å². The number of alkyl halides is 2. The summed E-state index contributed by atoms with van der Waals surface area (Å²) in [6.07, 6.45) is -3.38. The van der Waals surface area contributed by atoms with Gasteiger partial charge in [0.1, 0.15) is 0 Å². The first kappa shape index (κ1) is 12.2. The zero-order valence-electron chi connectivity index (χ0n) is 8.29. The van der Waals surface area contributed by atoms with E-state index < -0.39 is 35.8 Å². The predicted molar refractivity (Wildman–Crippen MR) is 49.4 cm³/mol. The zero-order valence-corrected chi connectivity index (χ0v) is 8.29. The summed E-state index contributed by atoms with van der Waals surface area (Å²) in [7, 11) is 1.11. The third-order valence-corrected chi connectivity index (χ3v) is 1.92. The molecule has 2 N–H and O–H groups in total. The summed E-state index contributed by atoms with van der Waals surface area (Å²) < 4.78 is 29.3. The van der Waals surface area contributed by atoms with E-state index >= 15 is 0 Å². The highest BCUT2D eigenvalue weighted by atomic mass is 19.3. The highest BCUT2D eigenvalue weighted by Crippen LogP contribution is 2.22. The molecule has 0 atom stereocenters. The number of H-pyrrole nitrogens is 1. The number of carbonyl (C=O) groups excluding carboxylic acids is 1. The van der Waals surface area contributed by atoms with Gasteiger partial charge in [-0.3, -0.25) is 9.59 Å². The van der Waals surface area contributed by atoms with Gasteiger partial charge in [0.15, 0.2) is 5.75 Å². The first-order chi connectivity index (χ1) is 7.45. The average Bonchev–Trinajstić information content (AvgIpc) is 2.22. The second-order valence-corrected chi connectivity index (χ2v) is 2.98. The first-order valence-electron chi connectivity index (χ1n) is 4.25. The fourth-order valence-corrected chi connectivity index (χ4v) is 1.14. The number of halogens is 2. The van der Waals surface area contributed by atoms with Gasteiger partial charge in [-0.2, -0.15) is 0 Å². The molecule has 0 aromatic carbocycles. The molecule has 1 aromatic rings. The van der Waals surface area contributed by atoms with Crippen molar-refractivity contribution >= 4 is 5.97 Å². The Balaban J connectivity index is 3.19. The maximum atomic E-state index is 12.5. The molecule has 5 nitrogen and oxygen atoms in total. The predicted octanol–water partition coefficient (Wildman–Crippen LogP) is 0.734. The Morgan fingerprint density at radius 3 is 2.75 bits per heavy atom. The second-order valence-electron chi connectivity index (χ2n) is 2.98. The molecule has 0 bridgehead atoms. The standard InChI is InChI=1S/C9H9F2NO4/c1-16-6(14)3-4-2-5(13)9(15)12-7(4)8(10)11/h2,8,13H,3H2,1H3,(H,12,15). The van der Waals surface area contributed by atoms with Gasteiger partial charge in [0.25, 0.3) is 12.0 Å². The highest BCUT2D eigenvalue weighted by molar-refractivity contribution is 5.72. The smallest absolute Gasteiger partial charge is 0.310 e. The summed E-state index contributed by atoms with van der Waals surface area (Å²) in [6, 6.07) is 0.831. The molecular formula is C9H9F2NO4. The summed E-state index contributed by atoms with van der Waals surface area (Å²) in [5.74, 6) is -1.46. The van der Waals surface area contributed by atoms with E-state index in [-0.39, 0.29) is 5.56 Å². The maximum absolute atomic E-state index is 12.5. The van der Waals surface area contributed by atoms with Crippen LogP contribution in [0.15, 0.2) is 10.9 Å². The lowest BCUT2D eigenvalue weighted by Crippen LogP contribution is -2.14. The van der Waals surface area contributed by atoms with E-state index in [4.69, 9.17) is 5.11 Å². The van der Waals surface area contributed by atoms with Crippen molar-refractivity contribution in [2.24, 2.45) is 0 Å². The molecule has 0 saturated heterocycles. The van der Waals surface area contributed by atoms with Crippen LogP contribution in [-0.2, 0) is 16.0 Å². The summed E-state index contributed by atoms with van der Waals surface area (Å²) in [5, 5.41) is 9.05. The van der Waals surface area contributed by atoms with E-state index in [0.29, 0.717) is 0 Å². The summed E-state index contributed by atoms with van der Waals surface area (Å²) >= 11 is 0. The third kappa shape index (κ3) is 2.56. The van der Waals surface area contributed by atoms with Crippen LogP contribution < -0.4 is 5.56 Å². The van der Waals surface area contributed by atoms with Gasteiger partial charge in [-0.15, -0.1) is 0 Å². The van der Waals surface area contributed by atoms with E-state index in [1.807, 2.05) is 4.98 Å². The number of hydrogen-bond donors (Lipinski definition) is 2. The van der Waals surface area contributed by atoms with Crippen molar-refractivity contribution in [1.29, 1.82) is 0 Å². The Bertz CT molecular complexity index is 455. The van der Waals surface area contributed by atoms with Crippen LogP contribution in [0.4, 0.5) is 8.78 Å². The summed E-state index contributed by atoms with van der Waals surface area (Å²) in [6.45, 7) is 0. The molecule has 0 unspecified atom stereocenters. The fraction of sp³-hybridized carbons (Fsp3) is 0.333. The van der Waals surface area contributed by atoms with Gasteiger partial charge in [-0.1, -0.05) is 0 Å². The molecule has 0 saturated carbocycles. The largest absolute Gasteiger partial charge is 0.503 e. The van der Waals surface area contributed by atoms with Crippen LogP contribution in [-0.4, -0.2) is 23.2 Å². The molecule has 0 aliphatic heterocycles. The molecule has 1 rings (SSSR count). The van der Waals surface area contributed by atoms with Crippen molar-refractivity contribution in [3.05, 3.63) is 27.7 Å². The van der Waals surface area contributed by atoms with Crippen molar-refractivity contribution in [1.82, 2.24) is 4.98 Å². The van der Waals surface area contributed by atoms with E-state index in [1.165, 1.54) is 0 Å². The Hall–Kier alpha value is -1.92. The topological polar surface area (TPSA) is 79.4 Å². The molecule has 0 radical (unpaired) electrons. The lowest BCUT2D eigenvalue weighted by atomic mass is 10.1. The number of rotatable bonds is 3. The molecule has 1 heterocycles. The van der Waals surface area contributed by atoms with Crippen LogP contribution in [0.2, 0.25) is 0 Å². The molecule has 1 aromatic heterocycles. The summed E-state index contributed by atoms with van der Waals surface area (Å²) in [5.41, 5.74) is -1.88. The van der Waals surface area contributed by atoms with E-state index in [9.17, 15) is 18.4 Å². The van der Waals surface area contributed by atoms with Crippen molar-refractivity contribution in [2.75, 3.05) is 7.11 Å². The zero-order chi connectivity index (χ0) is 12.3. The highest BCUT2D eigenvalue weighted by Gasteiger charge is 2.18. The lowest BCUT2D eigenvalue weighted by molar-refractivity contribution is -0.139. The molecule has 7 heteroatoms. The van der Waals surface area contributed by atoms with Gasteiger partial charge in [0.2, 0.25) is 0 Å². The number of aromatic nitrogens is 1. The van der Waals surface area contributed by atoms with Gasteiger partial charge in [0.05, 0.1) is 19.2 Å². The van der Waals surface area contributed by atoms with Crippen LogP contribution in [0.25, 0.3) is 0 Å². The molecule has 88 valence electrons. The molecular weight excluding hydrogens is 224 g/mol. The van der Waals surface area contributed by atoms with Gasteiger partial charge in [0, 0.05) is 0 Å². The van der Waals surface area contributed by atoms with Crippen LogP contribution >= 0.6 is 0 Å². The quantitative estimate of drug-likeness (QED) is 0.754. The van der Waals surface area contributed by atoms with E-state index in [0.717, 1.165) is 13.2 Å². The number of carbonyl (C=O) groups is 1. The normalized spacial score (nSPS) is 10.5. The number of ether oxygens (including phenoxy) is 1. The number of hydrogen-bond acceptors (Lipinski definition) is 4. The minimum Gasteiger partial charge on any atom is -0.503 e. The Labute approximate surface area is 88.7 Å². The number of esters is 1. The third-order valence-electron chi connectivity index (χ3n) is 1.92. The molecule has 0 amide bonds. The van der Waals surface area contributed by atoms with Gasteiger partial charge >= 0.3 is 5.97 Å². The first-order valence-corrected chi connectivity index (χ1v) is 4.25. The minimum atomic E-state index is -2.94. The van der Waals surface area contributed by atoms with Crippen molar-refractivity contribution in [3.63, 3.8) is 0 Å². The number of nitrogens with one attached hydrogen (secondary N) is 1. The van der Waals surface area contributed by atoms with Crippen LogP contribution in [0.5, 0.6) is 5.75 Å². The van der Waals surface area contributed by atoms with Crippen molar-refractivity contribution < 1.29 is 23.4 Å². The molecule has 0 aliphatic rings. The number of methoxy groups -OCH3 is 1. The van der Waals surface area contributed by atoms with Gasteiger partial charge in [-0.05, 0) is 11.6 Å². The van der Waals surface area contributed by atoms with E-state index in [2.05, 4.69) is 4.74 Å². The maximum Gasteiger partial charge on any atom is 0.310 e. The van der Waals surface area contributed by atoms with E-state index in [1.54, 1.807) is 0 Å². The number of aromatic amines is 1. The lowest BCUT2D eigenvalue weighted by Gasteiger charge is -2.07. The van der Waals surface area contributed by atoms with Gasteiger partial charge in [-0.25, -0.2) is 8.78 Å².